The SMILES string of the molecule is C=CCC1C(=O)C(=C(C)C)CCC1C. The van der Waals surface area contributed by atoms with Crippen molar-refractivity contribution in [1.82, 2.24) is 0 Å². The maximum Gasteiger partial charge on any atom is 0.162 e. The van der Waals surface area contributed by atoms with Gasteiger partial charge in [0, 0.05) is 5.92 Å². The quantitative estimate of drug-likeness (QED) is 0.483. The van der Waals surface area contributed by atoms with Crippen LogP contribution in [-0.2, 0) is 4.79 Å². The molecule has 1 saturated carbocycles. The van der Waals surface area contributed by atoms with Crippen LogP contribution >= 0.6 is 0 Å². The molecule has 0 N–H and O–H groups in total. The van der Waals surface area contributed by atoms with Crippen LogP contribution in [0.1, 0.15) is 40.0 Å². The van der Waals surface area contributed by atoms with Crippen LogP contribution in [-0.4, -0.2) is 5.78 Å². The Bertz CT molecular complexity index is 269. The first-order valence-electron chi connectivity index (χ1n) is 5.39. The van der Waals surface area contributed by atoms with Gasteiger partial charge in [-0.25, -0.2) is 0 Å². The minimum atomic E-state index is 0.186. The van der Waals surface area contributed by atoms with Crippen molar-refractivity contribution in [3.8, 4) is 0 Å². The van der Waals surface area contributed by atoms with E-state index < -0.39 is 0 Å². The number of allylic oxidation sites excluding steroid dienone is 3. The van der Waals surface area contributed by atoms with Crippen molar-refractivity contribution in [2.45, 2.75) is 40.0 Å². The zero-order valence-electron chi connectivity index (χ0n) is 9.47. The molecule has 0 aromatic rings. The fourth-order valence-electron chi connectivity index (χ4n) is 2.19. The van der Waals surface area contributed by atoms with Gasteiger partial charge in [0.25, 0.3) is 0 Å². The van der Waals surface area contributed by atoms with E-state index in [-0.39, 0.29) is 5.92 Å². The number of carbonyl (C=O) groups is 1. The summed E-state index contributed by atoms with van der Waals surface area (Å²) >= 11 is 0. The third-order valence-electron chi connectivity index (χ3n) is 3.19. The topological polar surface area (TPSA) is 17.1 Å². The highest BCUT2D eigenvalue weighted by Gasteiger charge is 2.31. The molecule has 1 aliphatic rings. The third kappa shape index (κ3) is 2.14. The van der Waals surface area contributed by atoms with Crippen molar-refractivity contribution >= 4 is 5.78 Å². The zero-order valence-corrected chi connectivity index (χ0v) is 9.47. The van der Waals surface area contributed by atoms with Gasteiger partial charge in [0.2, 0.25) is 0 Å². The molecule has 0 heterocycles. The summed E-state index contributed by atoms with van der Waals surface area (Å²) in [7, 11) is 0. The molecule has 1 nitrogen and oxygen atoms in total. The number of carbonyl (C=O) groups excluding carboxylic acids is 1. The largest absolute Gasteiger partial charge is 0.294 e. The molecule has 14 heavy (non-hydrogen) atoms. The van der Waals surface area contributed by atoms with Crippen LogP contribution in [0.25, 0.3) is 0 Å². The van der Waals surface area contributed by atoms with Crippen LogP contribution in [0.3, 0.4) is 0 Å². The normalized spacial score (nSPS) is 27.6. The lowest BCUT2D eigenvalue weighted by Crippen LogP contribution is -2.28. The predicted molar refractivity (Wildman–Crippen MR) is 60.1 cm³/mol. The summed E-state index contributed by atoms with van der Waals surface area (Å²) < 4.78 is 0. The van der Waals surface area contributed by atoms with Crippen molar-refractivity contribution in [1.29, 1.82) is 0 Å². The first kappa shape index (κ1) is 11.2. The lowest BCUT2D eigenvalue weighted by Gasteiger charge is -2.29. The van der Waals surface area contributed by atoms with Gasteiger partial charge < -0.3 is 0 Å². The van der Waals surface area contributed by atoms with E-state index in [0.29, 0.717) is 11.7 Å². The number of rotatable bonds is 2. The molecule has 0 saturated heterocycles. The fourth-order valence-corrected chi connectivity index (χ4v) is 2.19. The Balaban J connectivity index is 2.88. The second kappa shape index (κ2) is 4.59. The van der Waals surface area contributed by atoms with Crippen LogP contribution in [0.15, 0.2) is 23.8 Å². The van der Waals surface area contributed by atoms with E-state index >= 15 is 0 Å². The Labute approximate surface area is 86.9 Å². The molecule has 0 spiro atoms. The summed E-state index contributed by atoms with van der Waals surface area (Å²) in [5, 5.41) is 0. The van der Waals surface area contributed by atoms with Crippen molar-refractivity contribution in [2.75, 3.05) is 0 Å². The standard InChI is InChI=1S/C13H20O/c1-5-6-12-10(4)7-8-11(9(2)3)13(12)14/h5,10,12H,1,6-8H2,2-4H3. The molecule has 0 aromatic heterocycles. The Hall–Kier alpha value is -0.850. The van der Waals surface area contributed by atoms with Crippen molar-refractivity contribution < 1.29 is 4.79 Å². The zero-order chi connectivity index (χ0) is 10.7. The highest BCUT2D eigenvalue weighted by molar-refractivity contribution is 5.98. The van der Waals surface area contributed by atoms with E-state index in [1.165, 1.54) is 5.57 Å². The molecule has 1 heteroatoms. The highest BCUT2D eigenvalue weighted by Crippen LogP contribution is 2.33. The smallest absolute Gasteiger partial charge is 0.162 e. The van der Waals surface area contributed by atoms with Crippen LogP contribution in [0.2, 0.25) is 0 Å². The summed E-state index contributed by atoms with van der Waals surface area (Å²) in [5.41, 5.74) is 2.26. The van der Waals surface area contributed by atoms with Gasteiger partial charge in [0.15, 0.2) is 5.78 Å². The first-order valence-corrected chi connectivity index (χ1v) is 5.39. The minimum absolute atomic E-state index is 0.186. The van der Waals surface area contributed by atoms with Gasteiger partial charge in [-0.2, -0.15) is 0 Å². The molecule has 78 valence electrons. The van der Waals surface area contributed by atoms with E-state index in [9.17, 15) is 4.79 Å². The van der Waals surface area contributed by atoms with Crippen molar-refractivity contribution in [3.63, 3.8) is 0 Å². The summed E-state index contributed by atoms with van der Waals surface area (Å²) in [4.78, 5) is 12.1. The molecule has 2 unspecified atom stereocenters. The maximum absolute atomic E-state index is 12.1. The Morgan fingerprint density at radius 3 is 2.71 bits per heavy atom. The number of ketones is 1. The molecule has 0 aromatic carbocycles. The van der Waals surface area contributed by atoms with Crippen LogP contribution in [0.5, 0.6) is 0 Å². The first-order chi connectivity index (χ1) is 6.57. The lowest BCUT2D eigenvalue weighted by atomic mass is 9.74. The van der Waals surface area contributed by atoms with Crippen LogP contribution in [0, 0.1) is 11.8 Å². The Kier molecular flexibility index (Phi) is 3.68. The van der Waals surface area contributed by atoms with Crippen LogP contribution in [0.4, 0.5) is 0 Å². The molecule has 0 aliphatic heterocycles. The number of hydrogen-bond acceptors (Lipinski definition) is 1. The lowest BCUT2D eigenvalue weighted by molar-refractivity contribution is -0.122. The maximum atomic E-state index is 12.1. The average molecular weight is 192 g/mol. The van der Waals surface area contributed by atoms with Gasteiger partial charge in [0.1, 0.15) is 0 Å². The molecular formula is C13H20O. The molecule has 2 atom stereocenters. The van der Waals surface area contributed by atoms with E-state index in [4.69, 9.17) is 0 Å². The molecule has 0 amide bonds. The Morgan fingerprint density at radius 2 is 2.21 bits per heavy atom. The fraction of sp³-hybridized carbons (Fsp3) is 0.615. The van der Waals surface area contributed by atoms with E-state index in [2.05, 4.69) is 13.5 Å². The van der Waals surface area contributed by atoms with E-state index in [0.717, 1.165) is 24.8 Å². The minimum Gasteiger partial charge on any atom is -0.294 e. The van der Waals surface area contributed by atoms with Gasteiger partial charge in [0.05, 0.1) is 0 Å². The van der Waals surface area contributed by atoms with E-state index in [1.54, 1.807) is 0 Å². The second-order valence-electron chi connectivity index (χ2n) is 4.49. The molecule has 1 aliphatic carbocycles. The second-order valence-corrected chi connectivity index (χ2v) is 4.49. The van der Waals surface area contributed by atoms with Gasteiger partial charge >= 0.3 is 0 Å². The van der Waals surface area contributed by atoms with Crippen molar-refractivity contribution in [3.05, 3.63) is 23.8 Å². The van der Waals surface area contributed by atoms with E-state index in [1.807, 2.05) is 19.9 Å². The number of hydrogen-bond donors (Lipinski definition) is 0. The average Bonchev–Trinajstić information content (AvgIpc) is 2.11. The molecule has 1 fully saturated rings. The molecule has 0 bridgehead atoms. The number of Topliss-reactive ketones (excluding diaryl/α,β-unsaturated/α-hetero) is 1. The van der Waals surface area contributed by atoms with Crippen molar-refractivity contribution in [2.24, 2.45) is 11.8 Å². The molecule has 0 radical (unpaired) electrons. The third-order valence-corrected chi connectivity index (χ3v) is 3.19. The van der Waals surface area contributed by atoms with Gasteiger partial charge in [-0.3, -0.25) is 4.79 Å². The summed E-state index contributed by atoms with van der Waals surface area (Å²) in [6.07, 6.45) is 4.81. The monoisotopic (exact) mass is 192 g/mol. The highest BCUT2D eigenvalue weighted by atomic mass is 16.1. The molecular weight excluding hydrogens is 172 g/mol. The summed E-state index contributed by atoms with van der Waals surface area (Å²) in [6, 6.07) is 0. The summed E-state index contributed by atoms with van der Waals surface area (Å²) in [6.45, 7) is 9.97. The van der Waals surface area contributed by atoms with Gasteiger partial charge in [-0.05, 0) is 44.6 Å². The Morgan fingerprint density at radius 1 is 1.57 bits per heavy atom. The van der Waals surface area contributed by atoms with Gasteiger partial charge in [-0.15, -0.1) is 6.58 Å². The van der Waals surface area contributed by atoms with Crippen LogP contribution < -0.4 is 0 Å². The summed E-state index contributed by atoms with van der Waals surface area (Å²) in [5.74, 6) is 1.07. The molecule has 1 rings (SSSR count). The van der Waals surface area contributed by atoms with Gasteiger partial charge in [-0.1, -0.05) is 18.6 Å². The predicted octanol–water partition coefficient (Wildman–Crippen LogP) is 3.51.